The Balaban J connectivity index is 0.985. The molecule has 7 nitrogen and oxygen atoms in total. The summed E-state index contributed by atoms with van der Waals surface area (Å²) in [5.74, 6) is 1.82. The molecule has 10 aromatic carbocycles. The molecular weight excluding hydrogens is 855 g/mol. The largest absolute Gasteiger partial charge is 0.309 e. The first-order chi connectivity index (χ1) is 34.7. The molecular formula is C63H39N7. The van der Waals surface area contributed by atoms with Crippen molar-refractivity contribution in [3.8, 4) is 45.8 Å². The summed E-state index contributed by atoms with van der Waals surface area (Å²) in [5, 5.41) is 9.46. The van der Waals surface area contributed by atoms with E-state index in [2.05, 4.69) is 218 Å². The zero-order valence-electron chi connectivity index (χ0n) is 37.6. The van der Waals surface area contributed by atoms with E-state index in [0.717, 1.165) is 66.4 Å². The van der Waals surface area contributed by atoms with Gasteiger partial charge in [-0.25, -0.2) is 4.98 Å². The van der Waals surface area contributed by atoms with Gasteiger partial charge in [-0.05, 0) is 72.8 Å². The number of hydrogen-bond donors (Lipinski definition) is 0. The van der Waals surface area contributed by atoms with Crippen LogP contribution >= 0.6 is 0 Å². The second-order valence-corrected chi connectivity index (χ2v) is 18.0. The van der Waals surface area contributed by atoms with Crippen molar-refractivity contribution in [2.75, 3.05) is 0 Å². The van der Waals surface area contributed by atoms with Crippen LogP contribution in [-0.4, -0.2) is 33.2 Å². The lowest BCUT2D eigenvalue weighted by molar-refractivity contribution is 0.954. The molecule has 0 aliphatic heterocycles. The number of para-hydroxylation sites is 5. The molecule has 0 radical (unpaired) electrons. The maximum absolute atomic E-state index is 5.23. The third-order valence-corrected chi connectivity index (χ3v) is 14.2. The van der Waals surface area contributed by atoms with Crippen molar-refractivity contribution in [1.29, 1.82) is 0 Å². The molecule has 0 spiro atoms. The number of hydrogen-bond acceptors (Lipinski definition) is 3. The van der Waals surface area contributed by atoms with Crippen LogP contribution in [-0.2, 0) is 0 Å². The monoisotopic (exact) mass is 893 g/mol. The Morgan fingerprint density at radius 2 is 0.671 bits per heavy atom. The molecule has 5 aromatic heterocycles. The average Bonchev–Trinajstić information content (AvgIpc) is 4.16. The van der Waals surface area contributed by atoms with Crippen LogP contribution in [0, 0.1) is 0 Å². The standard InChI is InChI=1S/C63H39N7/c1-4-19-40(20-5-1)61-64-62(41-21-6-2-7-22-41)66-63(65-61)70-54-33-16-12-29-47(54)51-38-57-50(39-58(51)70)46-28-11-14-31-52(46)68(57)43-25-18-26-44(37-43)69-53-32-15-10-27-45(53)48-35-36-56-59(60(48)69)49-30-13-17-34-55(49)67(56)42-23-8-3-9-24-42/h1-39H. The smallest absolute Gasteiger partial charge is 0.238 e. The van der Waals surface area contributed by atoms with Gasteiger partial charge in [0.2, 0.25) is 5.95 Å². The van der Waals surface area contributed by atoms with Gasteiger partial charge in [0.05, 0.1) is 44.1 Å². The fraction of sp³-hybridized carbons (Fsp3) is 0. The van der Waals surface area contributed by atoms with Crippen molar-refractivity contribution in [2.45, 2.75) is 0 Å². The fourth-order valence-corrected chi connectivity index (χ4v) is 11.2. The Morgan fingerprint density at radius 1 is 0.243 bits per heavy atom. The zero-order chi connectivity index (χ0) is 45.9. The van der Waals surface area contributed by atoms with Crippen molar-refractivity contribution in [3.05, 3.63) is 237 Å². The van der Waals surface area contributed by atoms with Crippen molar-refractivity contribution >= 4 is 87.2 Å². The van der Waals surface area contributed by atoms with E-state index in [1.54, 1.807) is 0 Å². The molecule has 70 heavy (non-hydrogen) atoms. The highest BCUT2D eigenvalue weighted by atomic mass is 15.2. The minimum absolute atomic E-state index is 0.571. The highest BCUT2D eigenvalue weighted by Gasteiger charge is 2.24. The molecule has 5 heterocycles. The van der Waals surface area contributed by atoms with Crippen LogP contribution in [0.4, 0.5) is 0 Å². The van der Waals surface area contributed by atoms with E-state index in [-0.39, 0.29) is 0 Å². The summed E-state index contributed by atoms with van der Waals surface area (Å²) in [7, 11) is 0. The Kier molecular flexibility index (Phi) is 8.23. The van der Waals surface area contributed by atoms with E-state index in [4.69, 9.17) is 15.0 Å². The van der Waals surface area contributed by atoms with Gasteiger partial charge in [-0.15, -0.1) is 0 Å². The van der Waals surface area contributed by atoms with Gasteiger partial charge >= 0.3 is 0 Å². The molecule has 0 saturated heterocycles. The van der Waals surface area contributed by atoms with E-state index in [9.17, 15) is 0 Å². The van der Waals surface area contributed by atoms with E-state index >= 15 is 0 Å². The van der Waals surface area contributed by atoms with Crippen molar-refractivity contribution in [3.63, 3.8) is 0 Å². The van der Waals surface area contributed by atoms with E-state index < -0.39 is 0 Å². The van der Waals surface area contributed by atoms with Crippen LogP contribution in [0.25, 0.3) is 133 Å². The van der Waals surface area contributed by atoms with Gasteiger partial charge in [-0.2, -0.15) is 9.97 Å². The average molecular weight is 894 g/mol. The molecule has 0 atom stereocenters. The molecule has 0 fully saturated rings. The van der Waals surface area contributed by atoms with Crippen molar-refractivity contribution in [2.24, 2.45) is 0 Å². The summed E-state index contributed by atoms with van der Waals surface area (Å²) in [6.45, 7) is 0. The van der Waals surface area contributed by atoms with E-state index in [0.29, 0.717) is 17.6 Å². The molecule has 0 aliphatic rings. The maximum Gasteiger partial charge on any atom is 0.238 e. The third kappa shape index (κ3) is 5.60. The third-order valence-electron chi connectivity index (χ3n) is 14.2. The second kappa shape index (κ2) is 15.0. The van der Waals surface area contributed by atoms with Gasteiger partial charge in [0.15, 0.2) is 11.6 Å². The summed E-state index contributed by atoms with van der Waals surface area (Å²) >= 11 is 0. The summed E-state index contributed by atoms with van der Waals surface area (Å²) < 4.78 is 9.55. The summed E-state index contributed by atoms with van der Waals surface area (Å²) in [4.78, 5) is 15.5. The minimum atomic E-state index is 0.571. The predicted molar refractivity (Wildman–Crippen MR) is 288 cm³/mol. The Labute approximate surface area is 401 Å². The van der Waals surface area contributed by atoms with Gasteiger partial charge in [0.25, 0.3) is 0 Å². The molecule has 7 heteroatoms. The lowest BCUT2D eigenvalue weighted by Crippen LogP contribution is -2.06. The summed E-state index contributed by atoms with van der Waals surface area (Å²) in [5.41, 5.74) is 14.2. The van der Waals surface area contributed by atoms with Crippen LogP contribution in [0.15, 0.2) is 237 Å². The number of aromatic nitrogens is 7. The molecule has 0 amide bonds. The van der Waals surface area contributed by atoms with Crippen LogP contribution in [0.1, 0.15) is 0 Å². The van der Waals surface area contributed by atoms with Gasteiger partial charge in [0.1, 0.15) is 0 Å². The van der Waals surface area contributed by atoms with Crippen LogP contribution in [0.5, 0.6) is 0 Å². The highest BCUT2D eigenvalue weighted by Crippen LogP contribution is 2.44. The number of benzene rings is 10. The van der Waals surface area contributed by atoms with Crippen molar-refractivity contribution in [1.82, 2.24) is 33.2 Å². The number of nitrogens with zero attached hydrogens (tertiary/aromatic N) is 7. The number of fused-ring (bicyclic) bond motifs is 13. The molecule has 0 unspecified atom stereocenters. The SMILES string of the molecule is c1ccc(-c2nc(-c3ccccc3)nc(-n3c4ccccc4c4cc5c(cc43)c3ccccc3n5-c3cccc(-n4c5ccccc5c5ccc6c(c7ccccc7n6-c6ccccc6)c54)c3)n2)cc1. The normalized spacial score (nSPS) is 12.0. The number of rotatable bonds is 6. The van der Waals surface area contributed by atoms with E-state index in [1.165, 1.54) is 49.0 Å². The molecule has 0 aliphatic carbocycles. The van der Waals surface area contributed by atoms with Crippen LogP contribution in [0.3, 0.4) is 0 Å². The molecule has 0 N–H and O–H groups in total. The minimum Gasteiger partial charge on any atom is -0.309 e. The summed E-state index contributed by atoms with van der Waals surface area (Å²) in [6, 6.07) is 84.5. The summed E-state index contributed by atoms with van der Waals surface area (Å²) in [6.07, 6.45) is 0. The maximum atomic E-state index is 5.23. The van der Waals surface area contributed by atoms with Gasteiger partial charge in [-0.3, -0.25) is 4.57 Å². The van der Waals surface area contributed by atoms with Crippen LogP contribution in [0.2, 0.25) is 0 Å². The molecule has 15 rings (SSSR count). The fourth-order valence-electron chi connectivity index (χ4n) is 11.2. The van der Waals surface area contributed by atoms with E-state index in [1.807, 2.05) is 36.4 Å². The second-order valence-electron chi connectivity index (χ2n) is 18.0. The van der Waals surface area contributed by atoms with Gasteiger partial charge < -0.3 is 13.7 Å². The van der Waals surface area contributed by atoms with Gasteiger partial charge in [0, 0.05) is 71.3 Å². The zero-order valence-corrected chi connectivity index (χ0v) is 37.6. The first-order valence-corrected chi connectivity index (χ1v) is 23.7. The Hall–Kier alpha value is -9.59. The predicted octanol–water partition coefficient (Wildman–Crippen LogP) is 15.6. The molecule has 0 saturated carbocycles. The Bertz CT molecular complexity index is 4520. The first kappa shape index (κ1) is 38.5. The highest BCUT2D eigenvalue weighted by molar-refractivity contribution is 6.26. The molecule has 15 aromatic rings. The lowest BCUT2D eigenvalue weighted by Gasteiger charge is -2.14. The molecule has 326 valence electrons. The van der Waals surface area contributed by atoms with Crippen molar-refractivity contribution < 1.29 is 0 Å². The quantitative estimate of drug-likeness (QED) is 0.167. The van der Waals surface area contributed by atoms with Crippen LogP contribution < -0.4 is 0 Å². The first-order valence-electron chi connectivity index (χ1n) is 23.7. The van der Waals surface area contributed by atoms with Gasteiger partial charge in [-0.1, -0.05) is 164 Å². The lowest BCUT2D eigenvalue weighted by atomic mass is 10.1. The Morgan fingerprint density at radius 3 is 1.27 bits per heavy atom. The molecule has 0 bridgehead atoms. The topological polar surface area (TPSA) is 58.4 Å².